The number of rotatable bonds is 4. The Labute approximate surface area is 156 Å². The molecule has 5 nitrogen and oxygen atoms in total. The zero-order chi connectivity index (χ0) is 17.4. The van der Waals surface area contributed by atoms with Gasteiger partial charge < -0.3 is 0 Å². The highest BCUT2D eigenvalue weighted by atomic mass is 32.1. The number of para-hydroxylation sites is 1. The van der Waals surface area contributed by atoms with Crippen LogP contribution >= 0.6 is 23.6 Å². The Balaban J connectivity index is 1.63. The lowest BCUT2D eigenvalue weighted by molar-refractivity contribution is 0.190. The lowest BCUT2D eigenvalue weighted by Crippen LogP contribution is -2.26. The molecule has 2 aromatic heterocycles. The van der Waals surface area contributed by atoms with Gasteiger partial charge in [-0.2, -0.15) is 4.68 Å². The molecule has 1 fully saturated rings. The molecule has 0 N–H and O–H groups in total. The normalized spacial score (nSPS) is 18.1. The SMILES string of the molecule is Cc1cccc(C)c1-n1nnn(CN2CCC[C@@H]2c2cccs2)c1=S. The standard InChI is InChI=1S/C18H21N5S2/c1-13-6-3-7-14(2)17(13)23-18(24)22(19-20-23)12-21-10-4-8-15(21)16-9-5-11-25-16/h3,5-7,9,11,15H,4,8,10,12H2,1-2H3/t15-/m1/s1. The molecule has 3 aromatic rings. The molecule has 0 bridgehead atoms. The summed E-state index contributed by atoms with van der Waals surface area (Å²) in [7, 11) is 0. The van der Waals surface area contributed by atoms with E-state index in [0.717, 1.165) is 23.4 Å². The van der Waals surface area contributed by atoms with E-state index in [1.165, 1.54) is 17.7 Å². The highest BCUT2D eigenvalue weighted by Crippen LogP contribution is 2.34. The summed E-state index contributed by atoms with van der Waals surface area (Å²) in [5.41, 5.74) is 3.34. The van der Waals surface area contributed by atoms with E-state index in [4.69, 9.17) is 12.2 Å². The molecule has 0 aliphatic carbocycles. The van der Waals surface area contributed by atoms with Gasteiger partial charge in [0.05, 0.1) is 12.4 Å². The lowest BCUT2D eigenvalue weighted by Gasteiger charge is -2.22. The average molecular weight is 372 g/mol. The van der Waals surface area contributed by atoms with Gasteiger partial charge in [0.1, 0.15) is 0 Å². The van der Waals surface area contributed by atoms with Crippen molar-refractivity contribution in [2.45, 2.75) is 39.4 Å². The number of nitrogens with zero attached hydrogens (tertiary/aromatic N) is 5. The van der Waals surface area contributed by atoms with Crippen molar-refractivity contribution in [1.29, 1.82) is 0 Å². The molecule has 0 unspecified atom stereocenters. The van der Waals surface area contributed by atoms with Crippen LogP contribution in [0.1, 0.15) is 34.9 Å². The van der Waals surface area contributed by atoms with Gasteiger partial charge in [0.15, 0.2) is 0 Å². The van der Waals surface area contributed by atoms with Crippen molar-refractivity contribution in [3.63, 3.8) is 0 Å². The molecule has 0 amide bonds. The van der Waals surface area contributed by atoms with Crippen molar-refractivity contribution in [2.24, 2.45) is 0 Å². The van der Waals surface area contributed by atoms with Gasteiger partial charge in [-0.05, 0) is 71.9 Å². The van der Waals surface area contributed by atoms with Gasteiger partial charge >= 0.3 is 0 Å². The second-order valence-corrected chi connectivity index (χ2v) is 7.88. The van der Waals surface area contributed by atoms with Crippen LogP contribution in [-0.2, 0) is 6.67 Å². The number of thiophene rings is 1. The van der Waals surface area contributed by atoms with Crippen LogP contribution < -0.4 is 0 Å². The summed E-state index contributed by atoms with van der Waals surface area (Å²) >= 11 is 7.50. The second kappa shape index (κ2) is 6.82. The average Bonchev–Trinajstić information content (AvgIpc) is 3.31. The van der Waals surface area contributed by atoms with Crippen LogP contribution in [-0.4, -0.2) is 31.2 Å². The minimum absolute atomic E-state index is 0.465. The first kappa shape index (κ1) is 16.6. The number of hydrogen-bond donors (Lipinski definition) is 0. The van der Waals surface area contributed by atoms with Crippen LogP contribution in [0.3, 0.4) is 0 Å². The van der Waals surface area contributed by atoms with Crippen LogP contribution in [0.15, 0.2) is 35.7 Å². The minimum atomic E-state index is 0.465. The number of tetrazole rings is 1. The Morgan fingerprint density at radius 3 is 2.68 bits per heavy atom. The van der Waals surface area contributed by atoms with E-state index in [0.29, 0.717) is 17.5 Å². The maximum absolute atomic E-state index is 5.68. The highest BCUT2D eigenvalue weighted by Gasteiger charge is 2.27. The number of aromatic nitrogens is 4. The summed E-state index contributed by atoms with van der Waals surface area (Å²) in [5.74, 6) is 0. The van der Waals surface area contributed by atoms with Gasteiger partial charge in [0, 0.05) is 17.5 Å². The van der Waals surface area contributed by atoms with E-state index >= 15 is 0 Å². The second-order valence-electron chi connectivity index (χ2n) is 6.54. The topological polar surface area (TPSA) is 38.9 Å². The van der Waals surface area contributed by atoms with Crippen LogP contribution in [0.4, 0.5) is 0 Å². The summed E-state index contributed by atoms with van der Waals surface area (Å²) < 4.78 is 4.28. The van der Waals surface area contributed by atoms with Gasteiger partial charge in [0.2, 0.25) is 4.77 Å². The van der Waals surface area contributed by atoms with Crippen molar-refractivity contribution in [2.75, 3.05) is 6.54 Å². The molecular formula is C18H21N5S2. The third-order valence-electron chi connectivity index (χ3n) is 4.84. The highest BCUT2D eigenvalue weighted by molar-refractivity contribution is 7.71. The first-order chi connectivity index (χ1) is 12.1. The van der Waals surface area contributed by atoms with E-state index < -0.39 is 0 Å². The van der Waals surface area contributed by atoms with Gasteiger partial charge in [-0.25, -0.2) is 4.68 Å². The van der Waals surface area contributed by atoms with Crippen LogP contribution in [0.2, 0.25) is 0 Å². The zero-order valence-corrected chi connectivity index (χ0v) is 16.1. The number of aryl methyl sites for hydroxylation is 2. The van der Waals surface area contributed by atoms with Crippen molar-refractivity contribution >= 4 is 23.6 Å². The Bertz CT molecular complexity index is 905. The fourth-order valence-electron chi connectivity index (χ4n) is 3.61. The maximum Gasteiger partial charge on any atom is 0.221 e. The van der Waals surface area contributed by atoms with Crippen LogP contribution in [0.5, 0.6) is 0 Å². The Morgan fingerprint density at radius 2 is 1.96 bits per heavy atom. The molecule has 1 aromatic carbocycles. The Kier molecular flexibility index (Phi) is 4.54. The monoisotopic (exact) mass is 371 g/mol. The van der Waals surface area contributed by atoms with Gasteiger partial charge in [-0.3, -0.25) is 4.90 Å². The van der Waals surface area contributed by atoms with Crippen molar-refractivity contribution in [1.82, 2.24) is 24.7 Å². The van der Waals surface area contributed by atoms with E-state index in [1.807, 2.05) is 16.0 Å². The summed E-state index contributed by atoms with van der Waals surface area (Å²) in [5, 5.41) is 10.8. The minimum Gasteiger partial charge on any atom is -0.276 e. The Hall–Kier alpha value is -1.83. The molecule has 130 valence electrons. The molecule has 0 saturated carbocycles. The fourth-order valence-corrected chi connectivity index (χ4v) is 4.73. The first-order valence-electron chi connectivity index (χ1n) is 8.52. The molecule has 7 heteroatoms. The first-order valence-corrected chi connectivity index (χ1v) is 9.81. The molecule has 1 aliphatic rings. The van der Waals surface area contributed by atoms with Gasteiger partial charge in [-0.1, -0.05) is 24.3 Å². The fraction of sp³-hybridized carbons (Fsp3) is 0.389. The molecule has 1 atom stereocenters. The molecule has 3 heterocycles. The lowest BCUT2D eigenvalue weighted by atomic mass is 10.1. The number of hydrogen-bond acceptors (Lipinski definition) is 5. The van der Waals surface area contributed by atoms with Crippen LogP contribution in [0, 0.1) is 18.6 Å². The molecular weight excluding hydrogens is 350 g/mol. The molecule has 1 aliphatic heterocycles. The quantitative estimate of drug-likeness (QED) is 0.642. The van der Waals surface area contributed by atoms with E-state index in [9.17, 15) is 0 Å². The summed E-state index contributed by atoms with van der Waals surface area (Å²) in [6, 6.07) is 11.0. The summed E-state index contributed by atoms with van der Waals surface area (Å²) in [6.07, 6.45) is 2.40. The largest absolute Gasteiger partial charge is 0.276 e. The smallest absolute Gasteiger partial charge is 0.221 e. The molecule has 0 spiro atoms. The molecule has 0 radical (unpaired) electrons. The van der Waals surface area contributed by atoms with E-state index in [1.54, 1.807) is 4.68 Å². The third-order valence-corrected chi connectivity index (χ3v) is 6.20. The molecule has 1 saturated heterocycles. The van der Waals surface area contributed by atoms with Crippen LogP contribution in [0.25, 0.3) is 5.69 Å². The van der Waals surface area contributed by atoms with Gasteiger partial charge in [0.25, 0.3) is 0 Å². The predicted octanol–water partition coefficient (Wildman–Crippen LogP) is 4.27. The number of likely N-dealkylation sites (tertiary alicyclic amines) is 1. The third kappa shape index (κ3) is 3.07. The number of benzene rings is 1. The molecule has 4 rings (SSSR count). The summed E-state index contributed by atoms with van der Waals surface area (Å²) in [4.78, 5) is 3.87. The van der Waals surface area contributed by atoms with Crippen molar-refractivity contribution in [3.8, 4) is 5.69 Å². The summed E-state index contributed by atoms with van der Waals surface area (Å²) in [6.45, 7) is 5.92. The molecule has 25 heavy (non-hydrogen) atoms. The van der Waals surface area contributed by atoms with Gasteiger partial charge in [-0.15, -0.1) is 11.3 Å². The maximum atomic E-state index is 5.68. The predicted molar refractivity (Wildman–Crippen MR) is 103 cm³/mol. The van der Waals surface area contributed by atoms with E-state index in [-0.39, 0.29) is 0 Å². The Morgan fingerprint density at radius 1 is 1.16 bits per heavy atom. The van der Waals surface area contributed by atoms with Crippen molar-refractivity contribution < 1.29 is 0 Å². The zero-order valence-electron chi connectivity index (χ0n) is 14.4. The van der Waals surface area contributed by atoms with Crippen molar-refractivity contribution in [3.05, 3.63) is 56.5 Å². The van der Waals surface area contributed by atoms with E-state index in [2.05, 4.69) is 64.9 Å².